The number of benzene rings is 1. The van der Waals surface area contributed by atoms with Gasteiger partial charge in [-0.2, -0.15) is 5.10 Å². The Bertz CT molecular complexity index is 629. The maximum atomic E-state index is 10.9. The third-order valence-electron chi connectivity index (χ3n) is 2.80. The number of aryl methyl sites for hydroxylation is 1. The molecule has 18 heavy (non-hydrogen) atoms. The number of hydrogen-bond acceptors (Lipinski definition) is 3. The minimum Gasteiger partial charge on any atom is -0.478 e. The van der Waals surface area contributed by atoms with E-state index in [0.717, 1.165) is 6.29 Å². The van der Waals surface area contributed by atoms with Crippen LogP contribution in [0.2, 0.25) is 0 Å². The Morgan fingerprint density at radius 2 is 2.11 bits per heavy atom. The summed E-state index contributed by atoms with van der Waals surface area (Å²) in [5, 5.41) is 13.2. The van der Waals surface area contributed by atoms with Gasteiger partial charge in [0.1, 0.15) is 0 Å². The van der Waals surface area contributed by atoms with E-state index in [2.05, 4.69) is 5.10 Å². The van der Waals surface area contributed by atoms with Gasteiger partial charge in [0, 0.05) is 0 Å². The minimum atomic E-state index is -0.992. The summed E-state index contributed by atoms with van der Waals surface area (Å²) in [6, 6.07) is 6.44. The standard InChI is InChI=1S/C13H12N2O3/c1-8-12(7-16)9(2)15(14-8)11-5-3-4-10(6-11)13(17)18/h3-7H,1-2H3,(H,17,18). The number of carboxylic acid groups (broad SMARTS) is 1. The van der Waals surface area contributed by atoms with Gasteiger partial charge in [0.05, 0.1) is 28.2 Å². The molecule has 5 nitrogen and oxygen atoms in total. The monoisotopic (exact) mass is 244 g/mol. The summed E-state index contributed by atoms with van der Waals surface area (Å²) in [6.45, 7) is 3.52. The van der Waals surface area contributed by atoms with Crippen LogP contribution in [0, 0.1) is 13.8 Å². The number of aromatic carboxylic acids is 1. The molecular formula is C13H12N2O3. The Balaban J connectivity index is 2.59. The third-order valence-corrected chi connectivity index (χ3v) is 2.80. The molecule has 0 bridgehead atoms. The lowest BCUT2D eigenvalue weighted by atomic mass is 10.2. The molecule has 0 aliphatic carbocycles. The van der Waals surface area contributed by atoms with Crippen molar-refractivity contribution in [2.45, 2.75) is 13.8 Å². The fraction of sp³-hybridized carbons (Fsp3) is 0.154. The van der Waals surface area contributed by atoms with Gasteiger partial charge >= 0.3 is 5.97 Å². The second-order valence-corrected chi connectivity index (χ2v) is 3.97. The predicted octanol–water partition coefficient (Wildman–Crippen LogP) is 2.00. The normalized spacial score (nSPS) is 10.3. The van der Waals surface area contributed by atoms with Crippen LogP contribution in [-0.4, -0.2) is 27.1 Å². The highest BCUT2D eigenvalue weighted by molar-refractivity contribution is 5.88. The van der Waals surface area contributed by atoms with E-state index in [0.29, 0.717) is 22.6 Å². The van der Waals surface area contributed by atoms with Crippen molar-refractivity contribution in [3.8, 4) is 5.69 Å². The van der Waals surface area contributed by atoms with Gasteiger partial charge in [-0.25, -0.2) is 9.48 Å². The summed E-state index contributed by atoms with van der Waals surface area (Å²) in [4.78, 5) is 21.8. The molecular weight excluding hydrogens is 232 g/mol. The Hall–Kier alpha value is -2.43. The molecule has 1 aromatic carbocycles. The van der Waals surface area contributed by atoms with Crippen LogP contribution in [0.4, 0.5) is 0 Å². The lowest BCUT2D eigenvalue weighted by Crippen LogP contribution is -2.02. The van der Waals surface area contributed by atoms with Crippen molar-refractivity contribution in [3.05, 3.63) is 46.8 Å². The molecule has 0 aliphatic rings. The van der Waals surface area contributed by atoms with E-state index in [1.54, 1.807) is 30.7 Å². The van der Waals surface area contributed by atoms with E-state index in [1.807, 2.05) is 0 Å². The molecule has 0 aliphatic heterocycles. The molecule has 0 spiro atoms. The first-order valence-electron chi connectivity index (χ1n) is 5.39. The van der Waals surface area contributed by atoms with E-state index in [4.69, 9.17) is 5.11 Å². The first kappa shape index (κ1) is 12.0. The maximum Gasteiger partial charge on any atom is 0.335 e. The highest BCUT2D eigenvalue weighted by Crippen LogP contribution is 2.17. The van der Waals surface area contributed by atoms with E-state index < -0.39 is 5.97 Å². The summed E-state index contributed by atoms with van der Waals surface area (Å²) in [6.07, 6.45) is 0.759. The highest BCUT2D eigenvalue weighted by Gasteiger charge is 2.13. The average molecular weight is 244 g/mol. The second kappa shape index (κ2) is 4.44. The molecule has 0 saturated heterocycles. The minimum absolute atomic E-state index is 0.188. The number of hydrogen-bond donors (Lipinski definition) is 1. The van der Waals surface area contributed by atoms with Gasteiger partial charge < -0.3 is 5.11 Å². The molecule has 92 valence electrons. The molecule has 0 radical (unpaired) electrons. The maximum absolute atomic E-state index is 10.9. The summed E-state index contributed by atoms with van der Waals surface area (Å²) < 4.78 is 1.57. The van der Waals surface area contributed by atoms with Gasteiger partial charge in [0.25, 0.3) is 0 Å². The number of nitrogens with zero attached hydrogens (tertiary/aromatic N) is 2. The lowest BCUT2D eigenvalue weighted by Gasteiger charge is -2.05. The van der Waals surface area contributed by atoms with Gasteiger partial charge in [-0.3, -0.25) is 4.79 Å². The molecule has 1 aromatic heterocycles. The molecule has 0 unspecified atom stereocenters. The quantitative estimate of drug-likeness (QED) is 0.838. The smallest absolute Gasteiger partial charge is 0.335 e. The lowest BCUT2D eigenvalue weighted by molar-refractivity contribution is 0.0696. The number of carbonyl (C=O) groups excluding carboxylic acids is 1. The second-order valence-electron chi connectivity index (χ2n) is 3.97. The number of aldehydes is 1. The zero-order valence-electron chi connectivity index (χ0n) is 10.0. The van der Waals surface area contributed by atoms with Crippen molar-refractivity contribution in [1.82, 2.24) is 9.78 Å². The van der Waals surface area contributed by atoms with Crippen molar-refractivity contribution in [2.24, 2.45) is 0 Å². The molecule has 1 heterocycles. The largest absolute Gasteiger partial charge is 0.478 e. The van der Waals surface area contributed by atoms with Crippen molar-refractivity contribution < 1.29 is 14.7 Å². The first-order chi connectivity index (χ1) is 8.54. The first-order valence-corrected chi connectivity index (χ1v) is 5.39. The predicted molar refractivity (Wildman–Crippen MR) is 65.4 cm³/mol. The SMILES string of the molecule is Cc1nn(-c2cccc(C(=O)O)c2)c(C)c1C=O. The van der Waals surface area contributed by atoms with Crippen LogP contribution >= 0.6 is 0 Å². The highest BCUT2D eigenvalue weighted by atomic mass is 16.4. The number of aromatic nitrogens is 2. The number of carboxylic acids is 1. The topological polar surface area (TPSA) is 72.2 Å². The summed E-state index contributed by atoms with van der Waals surface area (Å²) in [5.74, 6) is -0.992. The van der Waals surface area contributed by atoms with Gasteiger partial charge in [0.2, 0.25) is 0 Å². The van der Waals surface area contributed by atoms with Crippen LogP contribution in [0.1, 0.15) is 32.1 Å². The molecule has 0 saturated carbocycles. The van der Waals surface area contributed by atoms with Crippen LogP contribution in [0.5, 0.6) is 0 Å². The van der Waals surface area contributed by atoms with Crippen molar-refractivity contribution in [3.63, 3.8) is 0 Å². The summed E-state index contributed by atoms with van der Waals surface area (Å²) in [5.41, 5.74) is 2.68. The van der Waals surface area contributed by atoms with Crippen LogP contribution in [0.3, 0.4) is 0 Å². The van der Waals surface area contributed by atoms with E-state index in [1.165, 1.54) is 12.1 Å². The zero-order chi connectivity index (χ0) is 13.3. The molecule has 0 fully saturated rings. The molecule has 2 rings (SSSR count). The summed E-state index contributed by atoms with van der Waals surface area (Å²) >= 11 is 0. The van der Waals surface area contributed by atoms with Gasteiger partial charge in [-0.1, -0.05) is 6.07 Å². The number of carbonyl (C=O) groups is 2. The molecule has 1 N–H and O–H groups in total. The van der Waals surface area contributed by atoms with Crippen LogP contribution in [0.25, 0.3) is 5.69 Å². The molecule has 0 atom stereocenters. The fourth-order valence-electron chi connectivity index (χ4n) is 1.85. The Morgan fingerprint density at radius 3 is 2.67 bits per heavy atom. The van der Waals surface area contributed by atoms with Crippen LogP contribution in [-0.2, 0) is 0 Å². The number of rotatable bonds is 3. The van der Waals surface area contributed by atoms with E-state index in [9.17, 15) is 9.59 Å². The Labute approximate surface area is 104 Å². The fourth-order valence-corrected chi connectivity index (χ4v) is 1.85. The van der Waals surface area contributed by atoms with Crippen LogP contribution < -0.4 is 0 Å². The molecule has 2 aromatic rings. The summed E-state index contributed by atoms with van der Waals surface area (Å²) in [7, 11) is 0. The van der Waals surface area contributed by atoms with Gasteiger partial charge in [-0.15, -0.1) is 0 Å². The van der Waals surface area contributed by atoms with Crippen molar-refractivity contribution in [2.75, 3.05) is 0 Å². The van der Waals surface area contributed by atoms with Crippen molar-refractivity contribution >= 4 is 12.3 Å². The molecule has 0 amide bonds. The Kier molecular flexibility index (Phi) is 2.97. The zero-order valence-corrected chi connectivity index (χ0v) is 10.0. The van der Waals surface area contributed by atoms with E-state index in [-0.39, 0.29) is 5.56 Å². The molecule has 5 heteroatoms. The van der Waals surface area contributed by atoms with E-state index >= 15 is 0 Å². The average Bonchev–Trinajstić information content (AvgIpc) is 2.64. The third kappa shape index (κ3) is 1.90. The van der Waals surface area contributed by atoms with Gasteiger partial charge in [-0.05, 0) is 32.0 Å². The van der Waals surface area contributed by atoms with Gasteiger partial charge in [0.15, 0.2) is 6.29 Å². The van der Waals surface area contributed by atoms with Crippen LogP contribution in [0.15, 0.2) is 24.3 Å². The van der Waals surface area contributed by atoms with Crippen molar-refractivity contribution in [1.29, 1.82) is 0 Å². The Morgan fingerprint density at radius 1 is 1.39 bits per heavy atom.